The van der Waals surface area contributed by atoms with Crippen LogP contribution in [0.15, 0.2) is 16.7 Å². The van der Waals surface area contributed by atoms with E-state index in [1.54, 1.807) is 0 Å². The molecule has 1 heterocycles. The van der Waals surface area contributed by atoms with E-state index < -0.39 is 0 Å². The van der Waals surface area contributed by atoms with Crippen LogP contribution in [0.1, 0.15) is 5.56 Å². The van der Waals surface area contributed by atoms with Gasteiger partial charge in [0.2, 0.25) is 0 Å². The highest BCUT2D eigenvalue weighted by molar-refractivity contribution is 9.10. The normalized spacial score (nSPS) is 9.82. The predicted molar refractivity (Wildman–Crippen MR) is 51.0 cm³/mol. The van der Waals surface area contributed by atoms with Crippen molar-refractivity contribution in [2.45, 2.75) is 6.92 Å². The summed E-state index contributed by atoms with van der Waals surface area (Å²) in [6.45, 7) is 2.02. The van der Waals surface area contributed by atoms with E-state index in [0.29, 0.717) is 0 Å². The lowest BCUT2D eigenvalue weighted by molar-refractivity contribution is 1.05. The number of nitrogens with zero attached hydrogens (tertiary/aromatic N) is 2. The number of aromatic nitrogens is 1. The van der Waals surface area contributed by atoms with Crippen molar-refractivity contribution in [1.29, 1.82) is 0 Å². The van der Waals surface area contributed by atoms with Crippen LogP contribution in [-0.4, -0.2) is 19.1 Å². The zero-order valence-corrected chi connectivity index (χ0v) is 8.51. The molecule has 0 radical (unpaired) electrons. The molecule has 0 aromatic carbocycles. The molecule has 0 bridgehead atoms. The Labute approximate surface area is 75.4 Å². The Balaban J connectivity index is 3.05. The van der Waals surface area contributed by atoms with Gasteiger partial charge in [-0.05, 0) is 34.5 Å². The van der Waals surface area contributed by atoms with Crippen molar-refractivity contribution in [2.24, 2.45) is 0 Å². The number of hydrogen-bond donors (Lipinski definition) is 0. The van der Waals surface area contributed by atoms with Gasteiger partial charge in [-0.15, -0.1) is 0 Å². The van der Waals surface area contributed by atoms with Gasteiger partial charge >= 0.3 is 0 Å². The fourth-order valence-electron chi connectivity index (χ4n) is 0.743. The maximum Gasteiger partial charge on any atom is 0.129 e. The van der Waals surface area contributed by atoms with Crippen molar-refractivity contribution >= 4 is 21.7 Å². The Morgan fingerprint density at radius 3 is 2.45 bits per heavy atom. The van der Waals surface area contributed by atoms with Gasteiger partial charge in [0.15, 0.2) is 0 Å². The average Bonchev–Trinajstić information content (AvgIpc) is 1.94. The Hall–Kier alpha value is -0.570. The van der Waals surface area contributed by atoms with Crippen LogP contribution in [-0.2, 0) is 0 Å². The monoisotopic (exact) mass is 214 g/mol. The average molecular weight is 215 g/mol. The molecule has 0 amide bonds. The van der Waals surface area contributed by atoms with Crippen LogP contribution in [0.2, 0.25) is 0 Å². The molecule has 1 aromatic rings. The SMILES string of the molecule is Cc1ccc(N(C)C)nc1Br. The van der Waals surface area contributed by atoms with Crippen LogP contribution in [0.4, 0.5) is 5.82 Å². The molecular weight excluding hydrogens is 204 g/mol. The van der Waals surface area contributed by atoms with Crippen LogP contribution < -0.4 is 4.90 Å². The van der Waals surface area contributed by atoms with E-state index in [-0.39, 0.29) is 0 Å². The van der Waals surface area contributed by atoms with Gasteiger partial charge in [-0.3, -0.25) is 0 Å². The van der Waals surface area contributed by atoms with E-state index in [4.69, 9.17) is 0 Å². The molecule has 0 fully saturated rings. The summed E-state index contributed by atoms with van der Waals surface area (Å²) in [5, 5.41) is 0. The fourth-order valence-corrected chi connectivity index (χ4v) is 1.06. The van der Waals surface area contributed by atoms with Crippen molar-refractivity contribution in [1.82, 2.24) is 4.98 Å². The quantitative estimate of drug-likeness (QED) is 0.667. The maximum atomic E-state index is 4.31. The molecule has 0 aliphatic carbocycles. The number of rotatable bonds is 1. The first-order valence-electron chi connectivity index (χ1n) is 3.41. The first-order valence-corrected chi connectivity index (χ1v) is 4.21. The predicted octanol–water partition coefficient (Wildman–Crippen LogP) is 2.22. The van der Waals surface area contributed by atoms with E-state index in [2.05, 4.69) is 20.9 Å². The highest BCUT2D eigenvalue weighted by atomic mass is 79.9. The maximum absolute atomic E-state index is 4.31. The Morgan fingerprint density at radius 1 is 1.36 bits per heavy atom. The van der Waals surface area contributed by atoms with Gasteiger partial charge in [0.1, 0.15) is 10.4 Å². The van der Waals surface area contributed by atoms with Crippen molar-refractivity contribution in [3.63, 3.8) is 0 Å². The third-order valence-electron chi connectivity index (χ3n) is 1.48. The van der Waals surface area contributed by atoms with Crippen LogP contribution >= 0.6 is 15.9 Å². The highest BCUT2D eigenvalue weighted by Gasteiger charge is 1.99. The van der Waals surface area contributed by atoms with Gasteiger partial charge in [0.25, 0.3) is 0 Å². The number of pyridine rings is 1. The summed E-state index contributed by atoms with van der Waals surface area (Å²) < 4.78 is 0.920. The van der Waals surface area contributed by atoms with E-state index >= 15 is 0 Å². The first kappa shape index (κ1) is 8.53. The molecular formula is C8H11BrN2. The van der Waals surface area contributed by atoms with E-state index in [9.17, 15) is 0 Å². The largest absolute Gasteiger partial charge is 0.363 e. The second-order valence-electron chi connectivity index (χ2n) is 2.67. The summed E-state index contributed by atoms with van der Waals surface area (Å²) in [4.78, 5) is 6.29. The minimum absolute atomic E-state index is 0.920. The topological polar surface area (TPSA) is 16.1 Å². The molecule has 0 atom stereocenters. The molecule has 0 unspecified atom stereocenters. The Kier molecular flexibility index (Phi) is 2.49. The molecule has 0 saturated heterocycles. The Bertz CT molecular complexity index is 258. The summed E-state index contributed by atoms with van der Waals surface area (Å²) in [5.74, 6) is 0.975. The van der Waals surface area contributed by atoms with Gasteiger partial charge in [-0.25, -0.2) is 4.98 Å². The van der Waals surface area contributed by atoms with E-state index in [1.165, 1.54) is 0 Å². The molecule has 11 heavy (non-hydrogen) atoms. The second kappa shape index (κ2) is 3.22. The van der Waals surface area contributed by atoms with Crippen LogP contribution in [0, 0.1) is 6.92 Å². The summed E-state index contributed by atoms with van der Waals surface area (Å²) >= 11 is 3.38. The fraction of sp³-hybridized carbons (Fsp3) is 0.375. The lowest BCUT2D eigenvalue weighted by Crippen LogP contribution is -2.10. The number of hydrogen-bond acceptors (Lipinski definition) is 2. The van der Waals surface area contributed by atoms with Crippen LogP contribution in [0.5, 0.6) is 0 Å². The van der Waals surface area contributed by atoms with Crippen LogP contribution in [0.3, 0.4) is 0 Å². The first-order chi connectivity index (χ1) is 5.11. The third kappa shape index (κ3) is 1.93. The second-order valence-corrected chi connectivity index (χ2v) is 3.42. The molecule has 60 valence electrons. The molecule has 0 spiro atoms. The van der Waals surface area contributed by atoms with Crippen molar-refractivity contribution in [2.75, 3.05) is 19.0 Å². The lowest BCUT2D eigenvalue weighted by atomic mass is 10.3. The third-order valence-corrected chi connectivity index (χ3v) is 2.28. The standard InChI is InChI=1S/C8H11BrN2/c1-6-4-5-7(11(2)3)10-8(6)9/h4-5H,1-3H3. The smallest absolute Gasteiger partial charge is 0.129 e. The molecule has 0 N–H and O–H groups in total. The van der Waals surface area contributed by atoms with Gasteiger partial charge in [-0.1, -0.05) is 6.07 Å². The zero-order valence-electron chi connectivity index (χ0n) is 6.93. The van der Waals surface area contributed by atoms with Crippen molar-refractivity contribution in [3.05, 3.63) is 22.3 Å². The molecule has 3 heteroatoms. The van der Waals surface area contributed by atoms with Gasteiger partial charge in [-0.2, -0.15) is 0 Å². The van der Waals surface area contributed by atoms with Gasteiger partial charge < -0.3 is 4.90 Å². The molecule has 0 saturated carbocycles. The summed E-state index contributed by atoms with van der Waals surface area (Å²) in [7, 11) is 3.95. The number of halogens is 1. The van der Waals surface area contributed by atoms with Gasteiger partial charge in [0, 0.05) is 14.1 Å². The minimum Gasteiger partial charge on any atom is -0.363 e. The van der Waals surface area contributed by atoms with Gasteiger partial charge in [0.05, 0.1) is 0 Å². The summed E-state index contributed by atoms with van der Waals surface area (Å²) in [5.41, 5.74) is 1.16. The van der Waals surface area contributed by atoms with Crippen molar-refractivity contribution < 1.29 is 0 Å². The molecule has 1 aromatic heterocycles. The number of anilines is 1. The van der Waals surface area contributed by atoms with E-state index in [1.807, 2.05) is 38.1 Å². The van der Waals surface area contributed by atoms with Crippen molar-refractivity contribution in [3.8, 4) is 0 Å². The molecule has 0 aliphatic heterocycles. The molecule has 1 rings (SSSR count). The zero-order chi connectivity index (χ0) is 8.43. The molecule has 2 nitrogen and oxygen atoms in total. The lowest BCUT2D eigenvalue weighted by Gasteiger charge is -2.11. The summed E-state index contributed by atoms with van der Waals surface area (Å²) in [6, 6.07) is 4.05. The summed E-state index contributed by atoms with van der Waals surface area (Å²) in [6.07, 6.45) is 0. The Morgan fingerprint density at radius 2 is 2.00 bits per heavy atom. The number of aryl methyl sites for hydroxylation is 1. The van der Waals surface area contributed by atoms with Crippen LogP contribution in [0.25, 0.3) is 0 Å². The molecule has 0 aliphatic rings. The van der Waals surface area contributed by atoms with E-state index in [0.717, 1.165) is 16.0 Å². The highest BCUT2D eigenvalue weighted by Crippen LogP contribution is 2.16. The minimum atomic E-state index is 0.920.